The Morgan fingerprint density at radius 2 is 2.05 bits per heavy atom. The summed E-state index contributed by atoms with van der Waals surface area (Å²) >= 11 is 0. The van der Waals surface area contributed by atoms with Gasteiger partial charge in [-0.3, -0.25) is 9.59 Å². The van der Waals surface area contributed by atoms with Crippen molar-refractivity contribution in [2.75, 3.05) is 0 Å². The van der Waals surface area contributed by atoms with Crippen LogP contribution in [0.15, 0.2) is 16.9 Å². The van der Waals surface area contributed by atoms with Gasteiger partial charge in [-0.25, -0.2) is 0 Å². The summed E-state index contributed by atoms with van der Waals surface area (Å²) in [7, 11) is 1.70. The largest absolute Gasteiger partial charge is 0.393 e. The highest BCUT2D eigenvalue weighted by atomic mass is 16.3. The van der Waals surface area contributed by atoms with Crippen LogP contribution in [0, 0.1) is 5.92 Å². The molecule has 0 radical (unpaired) electrons. The Bertz CT molecular complexity index is 600. The van der Waals surface area contributed by atoms with Crippen molar-refractivity contribution in [3.05, 3.63) is 33.7 Å². The minimum atomic E-state index is -0.316. The maximum atomic E-state index is 12.4. The summed E-state index contributed by atoms with van der Waals surface area (Å²) in [6, 6.07) is 3.48. The molecule has 0 bridgehead atoms. The summed E-state index contributed by atoms with van der Waals surface area (Å²) in [4.78, 5) is 24.8. The summed E-state index contributed by atoms with van der Waals surface area (Å²) in [5.74, 6) is 0.224. The minimum Gasteiger partial charge on any atom is -0.393 e. The lowest BCUT2D eigenvalue weighted by molar-refractivity contribution is 0.0232. The van der Waals surface area contributed by atoms with E-state index in [2.05, 4.69) is 5.32 Å². The first-order valence-corrected chi connectivity index (χ1v) is 8.04. The summed E-state index contributed by atoms with van der Waals surface area (Å²) in [5, 5.41) is 12.4. The van der Waals surface area contributed by atoms with Gasteiger partial charge in [0.25, 0.3) is 11.5 Å². The van der Waals surface area contributed by atoms with E-state index in [9.17, 15) is 14.7 Å². The van der Waals surface area contributed by atoms with Crippen LogP contribution in [-0.4, -0.2) is 27.7 Å². The van der Waals surface area contributed by atoms with Crippen LogP contribution < -0.4 is 10.9 Å². The number of aliphatic hydroxyl groups excluding tert-OH is 1. The highest BCUT2D eigenvalue weighted by Gasteiger charge is 2.34. The fourth-order valence-corrected chi connectivity index (χ4v) is 3.16. The van der Waals surface area contributed by atoms with Crippen LogP contribution in [0.4, 0.5) is 0 Å². The normalized spacial score (nSPS) is 22.3. The standard InChI is InChI=1S/C17H26N2O3/c1-5-14(11-8-12(20)9-11)18-16(21)13-6-7-15(10(2)3)19(4)17(13)22/h6-7,10-12,14,20H,5,8-9H2,1-4H3,(H,18,21)/t11?,12?,14-/m1/s1. The highest BCUT2D eigenvalue weighted by Crippen LogP contribution is 2.31. The Kier molecular flexibility index (Phi) is 5.06. The number of aromatic nitrogens is 1. The van der Waals surface area contributed by atoms with Crippen molar-refractivity contribution in [2.24, 2.45) is 13.0 Å². The molecule has 22 heavy (non-hydrogen) atoms. The van der Waals surface area contributed by atoms with Crippen LogP contribution in [0.5, 0.6) is 0 Å². The second kappa shape index (κ2) is 6.65. The monoisotopic (exact) mass is 306 g/mol. The molecule has 5 heteroatoms. The highest BCUT2D eigenvalue weighted by molar-refractivity contribution is 5.94. The van der Waals surface area contributed by atoms with Crippen molar-refractivity contribution < 1.29 is 9.90 Å². The topological polar surface area (TPSA) is 71.3 Å². The molecule has 1 aliphatic rings. The third-order valence-corrected chi connectivity index (χ3v) is 4.65. The molecular formula is C17H26N2O3. The molecule has 1 aliphatic carbocycles. The fourth-order valence-electron chi connectivity index (χ4n) is 3.16. The zero-order chi connectivity index (χ0) is 16.4. The molecular weight excluding hydrogens is 280 g/mol. The molecule has 122 valence electrons. The molecule has 0 spiro atoms. The number of amides is 1. The first-order chi connectivity index (χ1) is 10.3. The van der Waals surface area contributed by atoms with E-state index in [1.165, 1.54) is 0 Å². The first-order valence-electron chi connectivity index (χ1n) is 8.04. The van der Waals surface area contributed by atoms with Crippen molar-refractivity contribution in [2.45, 2.75) is 58.1 Å². The smallest absolute Gasteiger partial charge is 0.263 e. The molecule has 0 saturated heterocycles. The second-order valence-electron chi connectivity index (χ2n) is 6.56. The van der Waals surface area contributed by atoms with Gasteiger partial charge in [0.15, 0.2) is 0 Å². The number of carbonyl (C=O) groups excluding carboxylic acids is 1. The van der Waals surface area contributed by atoms with Crippen molar-refractivity contribution in [1.82, 2.24) is 9.88 Å². The molecule has 1 aromatic rings. The van der Waals surface area contributed by atoms with Crippen molar-refractivity contribution in [1.29, 1.82) is 0 Å². The summed E-state index contributed by atoms with van der Waals surface area (Å²) in [6.45, 7) is 6.04. The molecule has 1 heterocycles. The molecule has 2 rings (SSSR count). The Morgan fingerprint density at radius 3 is 2.55 bits per heavy atom. The zero-order valence-electron chi connectivity index (χ0n) is 13.8. The quantitative estimate of drug-likeness (QED) is 0.871. The second-order valence-corrected chi connectivity index (χ2v) is 6.56. The molecule has 1 saturated carbocycles. The van der Waals surface area contributed by atoms with Crippen molar-refractivity contribution in [3.63, 3.8) is 0 Å². The van der Waals surface area contributed by atoms with E-state index in [0.717, 1.165) is 25.0 Å². The van der Waals surface area contributed by atoms with E-state index in [4.69, 9.17) is 0 Å². The van der Waals surface area contributed by atoms with Crippen LogP contribution in [-0.2, 0) is 7.05 Å². The lowest BCUT2D eigenvalue weighted by Crippen LogP contribution is -2.47. The number of rotatable bonds is 5. The number of pyridine rings is 1. The van der Waals surface area contributed by atoms with Gasteiger partial charge in [-0.15, -0.1) is 0 Å². The Morgan fingerprint density at radius 1 is 1.41 bits per heavy atom. The lowest BCUT2D eigenvalue weighted by Gasteiger charge is -2.37. The maximum absolute atomic E-state index is 12.4. The van der Waals surface area contributed by atoms with Gasteiger partial charge < -0.3 is 15.0 Å². The predicted molar refractivity (Wildman–Crippen MR) is 86.0 cm³/mol. The fraction of sp³-hybridized carbons (Fsp3) is 0.647. The number of aliphatic hydroxyl groups is 1. The van der Waals surface area contributed by atoms with Gasteiger partial charge in [-0.2, -0.15) is 0 Å². The Labute approximate surface area is 131 Å². The molecule has 1 aromatic heterocycles. The number of hydrogen-bond donors (Lipinski definition) is 2. The van der Waals surface area contributed by atoms with Crippen molar-refractivity contribution in [3.8, 4) is 0 Å². The van der Waals surface area contributed by atoms with E-state index in [1.807, 2.05) is 26.8 Å². The van der Waals surface area contributed by atoms with Gasteiger partial charge in [0.2, 0.25) is 0 Å². The Balaban J connectivity index is 2.16. The first kappa shape index (κ1) is 16.7. The number of nitrogens with zero attached hydrogens (tertiary/aromatic N) is 1. The summed E-state index contributed by atoms with van der Waals surface area (Å²) in [5.41, 5.74) is 0.841. The van der Waals surface area contributed by atoms with E-state index in [-0.39, 0.29) is 35.1 Å². The predicted octanol–water partition coefficient (Wildman–Crippen LogP) is 1.79. The summed E-state index contributed by atoms with van der Waals surface area (Å²) < 4.78 is 1.55. The van der Waals surface area contributed by atoms with E-state index >= 15 is 0 Å². The van der Waals surface area contributed by atoms with Crippen molar-refractivity contribution >= 4 is 5.91 Å². The molecule has 0 unspecified atom stereocenters. The van der Waals surface area contributed by atoms with Gasteiger partial charge >= 0.3 is 0 Å². The van der Waals surface area contributed by atoms with Crippen LogP contribution in [0.1, 0.15) is 62.0 Å². The van der Waals surface area contributed by atoms with Crippen LogP contribution in [0.25, 0.3) is 0 Å². The molecule has 0 aromatic carbocycles. The van der Waals surface area contributed by atoms with E-state index in [1.54, 1.807) is 17.7 Å². The Hall–Kier alpha value is -1.62. The SMILES string of the molecule is CC[C@@H](NC(=O)c1ccc(C(C)C)n(C)c1=O)C1CC(O)C1. The molecule has 1 amide bonds. The number of nitrogens with one attached hydrogen (secondary N) is 1. The van der Waals surface area contributed by atoms with Gasteiger partial charge in [0.05, 0.1) is 6.10 Å². The van der Waals surface area contributed by atoms with Gasteiger partial charge in [-0.1, -0.05) is 20.8 Å². The molecule has 5 nitrogen and oxygen atoms in total. The van der Waals surface area contributed by atoms with Crippen LogP contribution in [0.3, 0.4) is 0 Å². The maximum Gasteiger partial charge on any atom is 0.263 e. The van der Waals surface area contributed by atoms with Gasteiger partial charge in [0, 0.05) is 18.8 Å². The average Bonchev–Trinajstić information content (AvgIpc) is 2.43. The molecule has 1 atom stereocenters. The number of carbonyl (C=O) groups is 1. The molecule has 1 fully saturated rings. The summed E-state index contributed by atoms with van der Waals surface area (Å²) in [6.07, 6.45) is 2.01. The van der Waals surface area contributed by atoms with Gasteiger partial charge in [0.1, 0.15) is 5.56 Å². The zero-order valence-corrected chi connectivity index (χ0v) is 13.8. The lowest BCUT2D eigenvalue weighted by atomic mass is 9.76. The molecule has 0 aliphatic heterocycles. The third kappa shape index (κ3) is 3.24. The molecule has 2 N–H and O–H groups in total. The average molecular weight is 306 g/mol. The van der Waals surface area contributed by atoms with Crippen LogP contribution in [0.2, 0.25) is 0 Å². The van der Waals surface area contributed by atoms with E-state index in [0.29, 0.717) is 5.92 Å². The number of hydrogen-bond acceptors (Lipinski definition) is 3. The minimum absolute atomic E-state index is 0.0189. The van der Waals surface area contributed by atoms with Gasteiger partial charge in [-0.05, 0) is 43.2 Å². The van der Waals surface area contributed by atoms with E-state index < -0.39 is 0 Å². The third-order valence-electron chi connectivity index (χ3n) is 4.65. The van der Waals surface area contributed by atoms with Crippen LogP contribution >= 0.6 is 0 Å².